The summed E-state index contributed by atoms with van der Waals surface area (Å²) in [5.74, 6) is 1.01. The molecule has 9 heteroatoms. The molecule has 0 spiro atoms. The van der Waals surface area contributed by atoms with Crippen molar-refractivity contribution in [3.8, 4) is 0 Å². The Kier molecular flexibility index (Phi) is 4.99. The highest BCUT2D eigenvalue weighted by Gasteiger charge is 2.27. The van der Waals surface area contributed by atoms with Gasteiger partial charge in [-0.25, -0.2) is 8.42 Å². The summed E-state index contributed by atoms with van der Waals surface area (Å²) in [5, 5.41) is 11.0. The lowest BCUT2D eigenvalue weighted by Gasteiger charge is -2.16. The third kappa shape index (κ3) is 4.24. The summed E-state index contributed by atoms with van der Waals surface area (Å²) in [4.78, 5) is 12.9. The molecule has 2 heterocycles. The minimum Gasteiger partial charge on any atom is -0.360 e. The predicted molar refractivity (Wildman–Crippen MR) is 107 cm³/mol. The largest absolute Gasteiger partial charge is 0.360 e. The lowest BCUT2D eigenvalue weighted by molar-refractivity contribution is 0.101. The van der Waals surface area contributed by atoms with Crippen molar-refractivity contribution in [2.45, 2.75) is 37.6 Å². The number of aromatic nitrogens is 3. The maximum absolute atomic E-state index is 12.6. The Hall–Kier alpha value is -2.94. The van der Waals surface area contributed by atoms with Gasteiger partial charge in [0.1, 0.15) is 5.76 Å². The SMILES string of the molecule is CC1CCc2onc(C(=O)Nc3cnn(Cc4ccc(S(C)(=O)=O)cc4)c3)c2C1. The van der Waals surface area contributed by atoms with E-state index in [0.717, 1.165) is 36.1 Å². The van der Waals surface area contributed by atoms with Crippen LogP contribution in [0.3, 0.4) is 0 Å². The molecule has 0 bridgehead atoms. The van der Waals surface area contributed by atoms with Crippen LogP contribution in [-0.2, 0) is 29.2 Å². The molecule has 152 valence electrons. The molecule has 4 rings (SSSR count). The number of nitrogens with one attached hydrogen (secondary N) is 1. The van der Waals surface area contributed by atoms with Crippen LogP contribution in [0.15, 0.2) is 46.1 Å². The Bertz CT molecular complexity index is 1150. The number of carbonyl (C=O) groups excluding carboxylic acids is 1. The number of carbonyl (C=O) groups is 1. The van der Waals surface area contributed by atoms with Crippen LogP contribution in [-0.4, -0.2) is 35.5 Å². The smallest absolute Gasteiger partial charge is 0.278 e. The second kappa shape index (κ2) is 7.47. The average Bonchev–Trinajstić information content (AvgIpc) is 3.27. The highest BCUT2D eigenvalue weighted by molar-refractivity contribution is 7.90. The maximum atomic E-state index is 12.6. The molecule has 0 saturated heterocycles. The fourth-order valence-corrected chi connectivity index (χ4v) is 4.12. The number of nitrogens with zero attached hydrogens (tertiary/aromatic N) is 3. The molecule has 0 radical (unpaired) electrons. The fraction of sp³-hybridized carbons (Fsp3) is 0.350. The molecule has 3 aromatic rings. The molecule has 1 aromatic carbocycles. The second-order valence-electron chi connectivity index (χ2n) is 7.58. The number of fused-ring (bicyclic) bond motifs is 1. The van der Waals surface area contributed by atoms with Crippen LogP contribution in [0.25, 0.3) is 0 Å². The number of anilines is 1. The quantitative estimate of drug-likeness (QED) is 0.688. The zero-order valence-electron chi connectivity index (χ0n) is 16.3. The number of aryl methyl sites for hydroxylation is 1. The summed E-state index contributed by atoms with van der Waals surface area (Å²) in [6, 6.07) is 6.65. The summed E-state index contributed by atoms with van der Waals surface area (Å²) in [6.45, 7) is 2.61. The van der Waals surface area contributed by atoms with Crippen LogP contribution in [0, 0.1) is 5.92 Å². The standard InChI is InChI=1S/C20H22N4O4S/c1-13-3-8-18-17(9-13)19(23-28-18)20(25)22-15-10-21-24(12-15)11-14-4-6-16(7-5-14)29(2,26)27/h4-7,10,12-13H,3,8-9,11H2,1-2H3,(H,22,25). The lowest BCUT2D eigenvalue weighted by Crippen LogP contribution is -2.17. The molecule has 1 unspecified atom stereocenters. The summed E-state index contributed by atoms with van der Waals surface area (Å²) in [6.07, 6.45) is 7.12. The van der Waals surface area contributed by atoms with E-state index in [4.69, 9.17) is 4.52 Å². The van der Waals surface area contributed by atoms with Gasteiger partial charge >= 0.3 is 0 Å². The molecule has 1 atom stereocenters. The molecular weight excluding hydrogens is 392 g/mol. The summed E-state index contributed by atoms with van der Waals surface area (Å²) in [7, 11) is -3.22. The molecule has 1 amide bonds. The molecule has 1 aliphatic carbocycles. The Morgan fingerprint density at radius 2 is 2.07 bits per heavy atom. The first-order valence-corrected chi connectivity index (χ1v) is 11.3. The molecule has 8 nitrogen and oxygen atoms in total. The minimum absolute atomic E-state index is 0.278. The van der Waals surface area contributed by atoms with E-state index in [2.05, 4.69) is 22.5 Å². The van der Waals surface area contributed by atoms with Gasteiger partial charge in [0.05, 0.1) is 23.3 Å². The van der Waals surface area contributed by atoms with E-state index in [9.17, 15) is 13.2 Å². The summed E-state index contributed by atoms with van der Waals surface area (Å²) < 4.78 is 30.1. The van der Waals surface area contributed by atoms with Crippen LogP contribution < -0.4 is 5.32 Å². The van der Waals surface area contributed by atoms with E-state index in [1.807, 2.05) is 0 Å². The van der Waals surface area contributed by atoms with Gasteiger partial charge < -0.3 is 9.84 Å². The van der Waals surface area contributed by atoms with Crippen molar-refractivity contribution >= 4 is 21.4 Å². The third-order valence-corrected chi connectivity index (χ3v) is 6.22. The first kappa shape index (κ1) is 19.4. The minimum atomic E-state index is -3.22. The van der Waals surface area contributed by atoms with Crippen molar-refractivity contribution in [3.63, 3.8) is 0 Å². The van der Waals surface area contributed by atoms with Crippen LogP contribution in [0.5, 0.6) is 0 Å². The topological polar surface area (TPSA) is 107 Å². The van der Waals surface area contributed by atoms with Gasteiger partial charge in [0, 0.05) is 24.4 Å². The van der Waals surface area contributed by atoms with Crippen LogP contribution >= 0.6 is 0 Å². The van der Waals surface area contributed by atoms with Gasteiger partial charge in [0.15, 0.2) is 15.5 Å². The van der Waals surface area contributed by atoms with Gasteiger partial charge in [0.25, 0.3) is 5.91 Å². The van der Waals surface area contributed by atoms with Gasteiger partial charge in [-0.15, -0.1) is 0 Å². The predicted octanol–water partition coefficient (Wildman–Crippen LogP) is 2.70. The normalized spacial score (nSPS) is 16.4. The molecule has 0 saturated carbocycles. The maximum Gasteiger partial charge on any atom is 0.278 e. The van der Waals surface area contributed by atoms with E-state index < -0.39 is 9.84 Å². The van der Waals surface area contributed by atoms with Crippen LogP contribution in [0.1, 0.15) is 40.7 Å². The lowest BCUT2D eigenvalue weighted by atomic mass is 9.88. The number of hydrogen-bond acceptors (Lipinski definition) is 6. The molecule has 0 aliphatic heterocycles. The number of benzene rings is 1. The van der Waals surface area contributed by atoms with Gasteiger partial charge in [-0.05, 0) is 36.5 Å². The monoisotopic (exact) mass is 414 g/mol. The third-order valence-electron chi connectivity index (χ3n) is 5.09. The second-order valence-corrected chi connectivity index (χ2v) is 9.59. The van der Waals surface area contributed by atoms with Crippen molar-refractivity contribution < 1.29 is 17.7 Å². The molecule has 1 aliphatic rings. The Morgan fingerprint density at radius 3 is 2.79 bits per heavy atom. The molecule has 0 fully saturated rings. The van der Waals surface area contributed by atoms with Crippen LogP contribution in [0.4, 0.5) is 5.69 Å². The van der Waals surface area contributed by atoms with E-state index in [0.29, 0.717) is 23.8 Å². The van der Waals surface area contributed by atoms with E-state index in [-0.39, 0.29) is 10.8 Å². The molecular formula is C20H22N4O4S. The zero-order valence-corrected chi connectivity index (χ0v) is 17.1. The Balaban J connectivity index is 1.43. The highest BCUT2D eigenvalue weighted by Crippen LogP contribution is 2.28. The van der Waals surface area contributed by atoms with Gasteiger partial charge in [-0.2, -0.15) is 5.10 Å². The van der Waals surface area contributed by atoms with E-state index in [1.54, 1.807) is 41.3 Å². The van der Waals surface area contributed by atoms with E-state index >= 15 is 0 Å². The summed E-state index contributed by atoms with van der Waals surface area (Å²) >= 11 is 0. The molecule has 2 aromatic heterocycles. The van der Waals surface area contributed by atoms with Crippen molar-refractivity contribution in [2.24, 2.45) is 5.92 Å². The number of rotatable bonds is 5. The van der Waals surface area contributed by atoms with Crippen molar-refractivity contribution in [2.75, 3.05) is 11.6 Å². The van der Waals surface area contributed by atoms with Gasteiger partial charge in [0.2, 0.25) is 0 Å². The van der Waals surface area contributed by atoms with Gasteiger partial charge in [-0.1, -0.05) is 24.2 Å². The molecule has 29 heavy (non-hydrogen) atoms. The number of amides is 1. The van der Waals surface area contributed by atoms with Gasteiger partial charge in [-0.3, -0.25) is 9.48 Å². The first-order chi connectivity index (χ1) is 13.8. The fourth-order valence-electron chi connectivity index (χ4n) is 3.49. The van der Waals surface area contributed by atoms with Crippen LogP contribution in [0.2, 0.25) is 0 Å². The highest BCUT2D eigenvalue weighted by atomic mass is 32.2. The number of sulfone groups is 1. The van der Waals surface area contributed by atoms with Crippen molar-refractivity contribution in [1.82, 2.24) is 14.9 Å². The Labute approximate surface area is 168 Å². The average molecular weight is 414 g/mol. The van der Waals surface area contributed by atoms with Crippen molar-refractivity contribution in [3.05, 3.63) is 59.2 Å². The summed E-state index contributed by atoms with van der Waals surface area (Å²) in [5.41, 5.74) is 2.71. The number of hydrogen-bond donors (Lipinski definition) is 1. The van der Waals surface area contributed by atoms with E-state index in [1.165, 1.54) is 6.26 Å². The van der Waals surface area contributed by atoms with Crippen molar-refractivity contribution in [1.29, 1.82) is 0 Å². The zero-order chi connectivity index (χ0) is 20.6. The molecule has 1 N–H and O–H groups in total. The Morgan fingerprint density at radius 1 is 1.31 bits per heavy atom. The first-order valence-electron chi connectivity index (χ1n) is 9.40.